The molecule has 1 aromatic heterocycles. The first kappa shape index (κ1) is 15.4. The zero-order valence-electron chi connectivity index (χ0n) is 12.2. The van der Waals surface area contributed by atoms with Gasteiger partial charge in [-0.05, 0) is 25.0 Å². The first-order chi connectivity index (χ1) is 8.98. The van der Waals surface area contributed by atoms with Crippen molar-refractivity contribution >= 4 is 11.6 Å². The molecule has 0 saturated carbocycles. The molecular weight excluding hydrogens is 240 g/mol. The molecular formula is C14H24N4O. The minimum absolute atomic E-state index is 0.102. The van der Waals surface area contributed by atoms with Gasteiger partial charge in [0.05, 0.1) is 0 Å². The topological polar surface area (TPSA) is 71.2 Å². The van der Waals surface area contributed by atoms with E-state index in [0.717, 1.165) is 18.5 Å². The van der Waals surface area contributed by atoms with E-state index in [-0.39, 0.29) is 11.4 Å². The van der Waals surface area contributed by atoms with Gasteiger partial charge in [0.2, 0.25) is 0 Å². The van der Waals surface area contributed by atoms with Crippen LogP contribution in [0.25, 0.3) is 0 Å². The number of hydrogen-bond donors (Lipinski definition) is 2. The molecule has 0 fully saturated rings. The van der Waals surface area contributed by atoms with Crippen LogP contribution < -0.4 is 11.1 Å². The molecule has 0 saturated heterocycles. The zero-order valence-corrected chi connectivity index (χ0v) is 12.2. The number of carbonyl (C=O) groups is 1. The highest BCUT2D eigenvalue weighted by molar-refractivity contribution is 5.92. The fourth-order valence-electron chi connectivity index (χ4n) is 1.93. The molecule has 0 spiro atoms. The van der Waals surface area contributed by atoms with Crippen molar-refractivity contribution < 1.29 is 4.79 Å². The third-order valence-electron chi connectivity index (χ3n) is 3.54. The second kappa shape index (κ2) is 6.52. The Labute approximate surface area is 115 Å². The number of rotatable bonds is 6. The summed E-state index contributed by atoms with van der Waals surface area (Å²) in [4.78, 5) is 17.5. The second-order valence-corrected chi connectivity index (χ2v) is 4.95. The lowest BCUT2D eigenvalue weighted by molar-refractivity contribution is 0.0822. The molecule has 1 aromatic rings. The minimum atomic E-state index is -0.125. The molecule has 5 nitrogen and oxygen atoms in total. The molecule has 0 aliphatic heterocycles. The van der Waals surface area contributed by atoms with Gasteiger partial charge in [-0.1, -0.05) is 13.8 Å². The van der Waals surface area contributed by atoms with Gasteiger partial charge in [-0.2, -0.15) is 0 Å². The van der Waals surface area contributed by atoms with E-state index < -0.39 is 0 Å². The summed E-state index contributed by atoms with van der Waals surface area (Å²) >= 11 is 0. The molecule has 0 radical (unpaired) electrons. The summed E-state index contributed by atoms with van der Waals surface area (Å²) in [5.74, 6) is -0.102. The second-order valence-electron chi connectivity index (χ2n) is 4.95. The van der Waals surface area contributed by atoms with E-state index in [1.54, 1.807) is 26.4 Å². The van der Waals surface area contributed by atoms with E-state index in [2.05, 4.69) is 24.1 Å². The molecule has 19 heavy (non-hydrogen) atoms. The third-order valence-corrected chi connectivity index (χ3v) is 3.54. The Balaban J connectivity index is 2.97. The number of nitrogens with zero attached hydrogens (tertiary/aromatic N) is 2. The van der Waals surface area contributed by atoms with Crippen molar-refractivity contribution in [2.24, 2.45) is 5.73 Å². The summed E-state index contributed by atoms with van der Waals surface area (Å²) in [5, 5.41) is 3.44. The summed E-state index contributed by atoms with van der Waals surface area (Å²) in [6, 6.07) is 3.64. The lowest BCUT2D eigenvalue weighted by Gasteiger charge is -2.32. The molecule has 5 heteroatoms. The highest BCUT2D eigenvalue weighted by Crippen LogP contribution is 2.21. The van der Waals surface area contributed by atoms with Crippen LogP contribution in [0, 0.1) is 0 Å². The van der Waals surface area contributed by atoms with Gasteiger partial charge >= 0.3 is 0 Å². The van der Waals surface area contributed by atoms with Gasteiger partial charge in [0, 0.05) is 38.1 Å². The number of nitrogens with two attached hydrogens (primary N) is 1. The normalized spacial score (nSPS) is 11.2. The Kier molecular flexibility index (Phi) is 5.30. The molecule has 1 heterocycles. The summed E-state index contributed by atoms with van der Waals surface area (Å²) in [6.07, 6.45) is 3.50. The maximum atomic E-state index is 11.9. The zero-order chi connectivity index (χ0) is 14.5. The first-order valence-electron chi connectivity index (χ1n) is 6.64. The van der Waals surface area contributed by atoms with Crippen molar-refractivity contribution in [3.8, 4) is 0 Å². The Hall–Kier alpha value is -1.62. The number of aromatic nitrogens is 1. The molecule has 3 N–H and O–H groups in total. The molecule has 106 valence electrons. The molecule has 0 aliphatic carbocycles. The highest BCUT2D eigenvalue weighted by atomic mass is 16.2. The van der Waals surface area contributed by atoms with Crippen molar-refractivity contribution in [1.29, 1.82) is 0 Å². The third kappa shape index (κ3) is 3.67. The molecule has 0 bridgehead atoms. The van der Waals surface area contributed by atoms with Crippen molar-refractivity contribution in [3.63, 3.8) is 0 Å². The maximum Gasteiger partial charge on any atom is 0.272 e. The van der Waals surface area contributed by atoms with Gasteiger partial charge in [0.1, 0.15) is 5.69 Å². The summed E-state index contributed by atoms with van der Waals surface area (Å²) in [5.41, 5.74) is 7.07. The van der Waals surface area contributed by atoms with Gasteiger partial charge in [0.25, 0.3) is 5.91 Å². The predicted molar refractivity (Wildman–Crippen MR) is 78.2 cm³/mol. The average molecular weight is 264 g/mol. The van der Waals surface area contributed by atoms with E-state index in [1.165, 1.54) is 4.90 Å². The number of hydrogen-bond acceptors (Lipinski definition) is 4. The molecule has 0 aromatic carbocycles. The van der Waals surface area contributed by atoms with Crippen LogP contribution in [-0.2, 0) is 0 Å². The average Bonchev–Trinajstić information content (AvgIpc) is 2.44. The smallest absolute Gasteiger partial charge is 0.272 e. The standard InChI is InChI=1S/C14H24N4O/c1-5-14(6-2,10-15)17-11-7-8-16-12(9-11)13(19)18(3)4/h7-9H,5-6,10,15H2,1-4H3,(H,16,17). The summed E-state index contributed by atoms with van der Waals surface area (Å²) in [7, 11) is 3.43. The van der Waals surface area contributed by atoms with Crippen LogP contribution in [0.4, 0.5) is 5.69 Å². The van der Waals surface area contributed by atoms with Gasteiger partial charge in [0.15, 0.2) is 0 Å². The predicted octanol–water partition coefficient (Wildman–Crippen LogP) is 1.71. The Morgan fingerprint density at radius 2 is 2.05 bits per heavy atom. The van der Waals surface area contributed by atoms with Gasteiger partial charge in [-0.15, -0.1) is 0 Å². The van der Waals surface area contributed by atoms with Gasteiger partial charge in [-0.25, -0.2) is 0 Å². The van der Waals surface area contributed by atoms with Crippen LogP contribution in [0.1, 0.15) is 37.2 Å². The Morgan fingerprint density at radius 1 is 1.42 bits per heavy atom. The number of pyridine rings is 1. The van der Waals surface area contributed by atoms with Crippen LogP contribution in [-0.4, -0.2) is 42.0 Å². The van der Waals surface area contributed by atoms with Crippen LogP contribution in [0.15, 0.2) is 18.3 Å². The monoisotopic (exact) mass is 264 g/mol. The van der Waals surface area contributed by atoms with E-state index in [9.17, 15) is 4.79 Å². The number of amides is 1. The van der Waals surface area contributed by atoms with E-state index in [4.69, 9.17) is 5.73 Å². The molecule has 0 unspecified atom stereocenters. The minimum Gasteiger partial charge on any atom is -0.378 e. The highest BCUT2D eigenvalue weighted by Gasteiger charge is 2.24. The molecule has 1 rings (SSSR count). The van der Waals surface area contributed by atoms with Crippen molar-refractivity contribution in [3.05, 3.63) is 24.0 Å². The largest absolute Gasteiger partial charge is 0.378 e. The quantitative estimate of drug-likeness (QED) is 0.820. The van der Waals surface area contributed by atoms with Crippen LogP contribution in [0.3, 0.4) is 0 Å². The number of carbonyl (C=O) groups excluding carboxylic acids is 1. The Morgan fingerprint density at radius 3 is 2.53 bits per heavy atom. The first-order valence-corrected chi connectivity index (χ1v) is 6.64. The molecule has 0 aliphatic rings. The number of anilines is 1. The van der Waals surface area contributed by atoms with Crippen molar-refractivity contribution in [1.82, 2.24) is 9.88 Å². The van der Waals surface area contributed by atoms with Crippen molar-refractivity contribution in [2.45, 2.75) is 32.2 Å². The summed E-state index contributed by atoms with van der Waals surface area (Å²) in [6.45, 7) is 4.77. The lowest BCUT2D eigenvalue weighted by Crippen LogP contribution is -2.44. The van der Waals surface area contributed by atoms with E-state index >= 15 is 0 Å². The van der Waals surface area contributed by atoms with E-state index in [0.29, 0.717) is 12.2 Å². The maximum absolute atomic E-state index is 11.9. The van der Waals surface area contributed by atoms with Crippen molar-refractivity contribution in [2.75, 3.05) is 26.0 Å². The van der Waals surface area contributed by atoms with Gasteiger partial charge in [-0.3, -0.25) is 9.78 Å². The van der Waals surface area contributed by atoms with Crippen LogP contribution in [0.2, 0.25) is 0 Å². The summed E-state index contributed by atoms with van der Waals surface area (Å²) < 4.78 is 0. The fourth-order valence-corrected chi connectivity index (χ4v) is 1.93. The van der Waals surface area contributed by atoms with Crippen LogP contribution >= 0.6 is 0 Å². The number of nitrogens with one attached hydrogen (secondary N) is 1. The lowest BCUT2D eigenvalue weighted by atomic mass is 9.92. The van der Waals surface area contributed by atoms with Gasteiger partial charge < -0.3 is 16.0 Å². The Bertz CT molecular complexity index is 419. The molecule has 0 atom stereocenters. The molecule has 1 amide bonds. The SMILES string of the molecule is CCC(CC)(CN)Nc1ccnc(C(=O)N(C)C)c1. The van der Waals surface area contributed by atoms with Crippen LogP contribution in [0.5, 0.6) is 0 Å². The van der Waals surface area contributed by atoms with E-state index in [1.807, 2.05) is 6.07 Å². The fraction of sp³-hybridized carbons (Fsp3) is 0.571.